The number of primary amides is 1. The summed E-state index contributed by atoms with van der Waals surface area (Å²) in [5.74, 6) is -1.38. The molecule has 1 aromatic heterocycles. The van der Waals surface area contributed by atoms with Crippen LogP contribution in [0.4, 0.5) is 5.82 Å². The molecule has 1 aromatic rings. The minimum Gasteiger partial charge on any atom is -0.361 e. The maximum absolute atomic E-state index is 11.1. The van der Waals surface area contributed by atoms with Gasteiger partial charge in [-0.25, -0.2) is 4.98 Å². The smallest absolute Gasteiger partial charge is 0.316 e. The topological polar surface area (TPSA) is 76.3 Å². The summed E-state index contributed by atoms with van der Waals surface area (Å²) in [6, 6.07) is 5.04. The predicted molar refractivity (Wildman–Crippen MR) is 46.8 cm³/mol. The Hall–Kier alpha value is -1.91. The van der Waals surface area contributed by atoms with Gasteiger partial charge in [-0.3, -0.25) is 14.5 Å². The number of anilines is 1. The Morgan fingerprint density at radius 2 is 2.15 bits per heavy atom. The highest BCUT2D eigenvalue weighted by atomic mass is 16.2. The van der Waals surface area contributed by atoms with Crippen LogP contribution in [0.1, 0.15) is 0 Å². The molecule has 0 spiro atoms. The Bertz CT molecular complexity index is 323. The second kappa shape index (κ2) is 3.66. The third kappa shape index (κ3) is 2.02. The van der Waals surface area contributed by atoms with Gasteiger partial charge in [0.1, 0.15) is 5.82 Å². The molecular formula is C8H9N3O2. The number of nitrogens with zero attached hydrogens (tertiary/aromatic N) is 2. The molecule has 5 nitrogen and oxygen atoms in total. The Labute approximate surface area is 75.2 Å². The van der Waals surface area contributed by atoms with Crippen LogP contribution in [0.25, 0.3) is 0 Å². The molecule has 5 heteroatoms. The zero-order chi connectivity index (χ0) is 9.84. The number of amides is 2. The summed E-state index contributed by atoms with van der Waals surface area (Å²) in [7, 11) is 1.44. The first-order chi connectivity index (χ1) is 6.13. The van der Waals surface area contributed by atoms with E-state index in [1.807, 2.05) is 0 Å². The lowest BCUT2D eigenvalue weighted by Gasteiger charge is -2.12. The number of rotatable bonds is 1. The van der Waals surface area contributed by atoms with Gasteiger partial charge >= 0.3 is 11.8 Å². The molecule has 2 N–H and O–H groups in total. The van der Waals surface area contributed by atoms with E-state index in [0.717, 1.165) is 4.90 Å². The van der Waals surface area contributed by atoms with Gasteiger partial charge in [-0.1, -0.05) is 6.07 Å². The fourth-order valence-electron chi connectivity index (χ4n) is 0.821. The van der Waals surface area contributed by atoms with E-state index in [1.165, 1.54) is 13.2 Å². The maximum Gasteiger partial charge on any atom is 0.316 e. The first-order valence-corrected chi connectivity index (χ1v) is 3.61. The van der Waals surface area contributed by atoms with E-state index in [-0.39, 0.29) is 0 Å². The Morgan fingerprint density at radius 3 is 2.62 bits per heavy atom. The molecule has 0 saturated carbocycles. The molecule has 0 atom stereocenters. The summed E-state index contributed by atoms with van der Waals surface area (Å²) in [4.78, 5) is 26.6. The fourth-order valence-corrected chi connectivity index (χ4v) is 0.821. The molecule has 1 heterocycles. The van der Waals surface area contributed by atoms with E-state index in [9.17, 15) is 9.59 Å². The maximum atomic E-state index is 11.1. The van der Waals surface area contributed by atoms with Gasteiger partial charge < -0.3 is 5.73 Å². The van der Waals surface area contributed by atoms with Crippen LogP contribution in [0.3, 0.4) is 0 Å². The molecule has 0 fully saturated rings. The number of aromatic nitrogens is 1. The summed E-state index contributed by atoms with van der Waals surface area (Å²) in [6.07, 6.45) is 1.53. The first-order valence-electron chi connectivity index (χ1n) is 3.61. The lowest BCUT2D eigenvalue weighted by Crippen LogP contribution is -2.38. The van der Waals surface area contributed by atoms with Gasteiger partial charge in [0.05, 0.1) is 0 Å². The number of hydrogen-bond acceptors (Lipinski definition) is 3. The van der Waals surface area contributed by atoms with Crippen LogP contribution in [0.15, 0.2) is 24.4 Å². The average Bonchev–Trinajstić information content (AvgIpc) is 2.17. The second-order valence-electron chi connectivity index (χ2n) is 2.42. The molecule has 68 valence electrons. The molecule has 1 rings (SSSR count). The number of carbonyl (C=O) groups excluding carboxylic acids is 2. The number of nitrogens with two attached hydrogens (primary N) is 1. The molecule has 0 aliphatic heterocycles. The van der Waals surface area contributed by atoms with Crippen molar-refractivity contribution in [1.29, 1.82) is 0 Å². The van der Waals surface area contributed by atoms with Crippen molar-refractivity contribution in [3.8, 4) is 0 Å². The zero-order valence-electron chi connectivity index (χ0n) is 7.10. The monoisotopic (exact) mass is 179 g/mol. The van der Waals surface area contributed by atoms with Crippen LogP contribution in [0.5, 0.6) is 0 Å². The lowest BCUT2D eigenvalue weighted by atomic mass is 10.4. The van der Waals surface area contributed by atoms with Crippen molar-refractivity contribution in [3.05, 3.63) is 24.4 Å². The highest BCUT2D eigenvalue weighted by Gasteiger charge is 2.16. The minimum absolute atomic E-state index is 0.395. The molecule has 2 amide bonds. The summed E-state index contributed by atoms with van der Waals surface area (Å²) < 4.78 is 0. The van der Waals surface area contributed by atoms with Crippen LogP contribution >= 0.6 is 0 Å². The summed E-state index contributed by atoms with van der Waals surface area (Å²) >= 11 is 0. The molecule has 0 aliphatic carbocycles. The molecule has 0 radical (unpaired) electrons. The standard InChI is InChI=1S/C8H9N3O2/c1-11(8(13)7(9)12)6-4-2-3-5-10-6/h2-5H,1H3,(H2,9,12). The Kier molecular flexibility index (Phi) is 2.59. The SMILES string of the molecule is CN(C(=O)C(N)=O)c1ccccn1. The van der Waals surface area contributed by atoms with Crippen LogP contribution in [0, 0.1) is 0 Å². The van der Waals surface area contributed by atoms with Crippen molar-refractivity contribution in [2.24, 2.45) is 5.73 Å². The van der Waals surface area contributed by atoms with E-state index in [1.54, 1.807) is 18.2 Å². The van der Waals surface area contributed by atoms with Crippen molar-refractivity contribution >= 4 is 17.6 Å². The Morgan fingerprint density at radius 1 is 1.46 bits per heavy atom. The van der Waals surface area contributed by atoms with Crippen molar-refractivity contribution in [2.75, 3.05) is 11.9 Å². The largest absolute Gasteiger partial charge is 0.361 e. The number of likely N-dealkylation sites (N-methyl/N-ethyl adjacent to an activating group) is 1. The molecule has 0 unspecified atom stereocenters. The van der Waals surface area contributed by atoms with E-state index in [4.69, 9.17) is 5.73 Å². The molecule has 0 aromatic carbocycles. The normalized spacial score (nSPS) is 9.31. The summed E-state index contributed by atoms with van der Waals surface area (Å²) in [5.41, 5.74) is 4.82. The van der Waals surface area contributed by atoms with Crippen molar-refractivity contribution < 1.29 is 9.59 Å². The molecule has 0 saturated heterocycles. The van der Waals surface area contributed by atoms with E-state index >= 15 is 0 Å². The first kappa shape index (κ1) is 9.18. The van der Waals surface area contributed by atoms with Crippen LogP contribution in [-0.2, 0) is 9.59 Å². The van der Waals surface area contributed by atoms with Crippen LogP contribution < -0.4 is 10.6 Å². The molecule has 13 heavy (non-hydrogen) atoms. The van der Waals surface area contributed by atoms with Gasteiger partial charge in [0, 0.05) is 13.2 Å². The highest BCUT2D eigenvalue weighted by Crippen LogP contribution is 2.05. The number of hydrogen-bond donors (Lipinski definition) is 1. The molecule has 0 bridgehead atoms. The van der Waals surface area contributed by atoms with Crippen molar-refractivity contribution in [3.63, 3.8) is 0 Å². The van der Waals surface area contributed by atoms with Gasteiger partial charge in [-0.15, -0.1) is 0 Å². The zero-order valence-corrected chi connectivity index (χ0v) is 7.10. The van der Waals surface area contributed by atoms with Gasteiger partial charge in [0.15, 0.2) is 0 Å². The van der Waals surface area contributed by atoms with Gasteiger partial charge in [-0.2, -0.15) is 0 Å². The van der Waals surface area contributed by atoms with Gasteiger partial charge in [-0.05, 0) is 12.1 Å². The third-order valence-electron chi connectivity index (χ3n) is 1.51. The summed E-state index contributed by atoms with van der Waals surface area (Å²) in [5, 5.41) is 0. The molecular weight excluding hydrogens is 170 g/mol. The van der Waals surface area contributed by atoms with E-state index in [2.05, 4.69) is 4.98 Å². The Balaban J connectivity index is 2.86. The van der Waals surface area contributed by atoms with Crippen molar-refractivity contribution in [2.45, 2.75) is 0 Å². The van der Waals surface area contributed by atoms with Gasteiger partial charge in [0.25, 0.3) is 0 Å². The average molecular weight is 179 g/mol. The summed E-state index contributed by atoms with van der Waals surface area (Å²) in [6.45, 7) is 0. The second-order valence-corrected chi connectivity index (χ2v) is 2.42. The predicted octanol–water partition coefficient (Wildman–Crippen LogP) is -0.470. The van der Waals surface area contributed by atoms with Crippen molar-refractivity contribution in [1.82, 2.24) is 4.98 Å². The molecule has 0 aliphatic rings. The van der Waals surface area contributed by atoms with Gasteiger partial charge in [0.2, 0.25) is 0 Å². The minimum atomic E-state index is -0.992. The van der Waals surface area contributed by atoms with E-state index < -0.39 is 11.8 Å². The lowest BCUT2D eigenvalue weighted by molar-refractivity contribution is -0.135. The highest BCUT2D eigenvalue weighted by molar-refractivity contribution is 6.39. The number of pyridine rings is 1. The van der Waals surface area contributed by atoms with E-state index in [0.29, 0.717) is 5.82 Å². The quantitative estimate of drug-likeness (QED) is 0.592. The fraction of sp³-hybridized carbons (Fsp3) is 0.125. The third-order valence-corrected chi connectivity index (χ3v) is 1.51. The van der Waals surface area contributed by atoms with Crippen LogP contribution in [0.2, 0.25) is 0 Å². The number of carbonyl (C=O) groups is 2. The van der Waals surface area contributed by atoms with Crippen LogP contribution in [-0.4, -0.2) is 23.8 Å².